The molecule has 1 atom stereocenters. The summed E-state index contributed by atoms with van der Waals surface area (Å²) in [6, 6.07) is 1.64. The second-order valence-electron chi connectivity index (χ2n) is 1.53. The Kier molecular flexibility index (Phi) is 2.22. The Morgan fingerprint density at radius 3 is 3.00 bits per heavy atom. The van der Waals surface area contributed by atoms with Crippen LogP contribution >= 0.6 is 22.9 Å². The van der Waals surface area contributed by atoms with Crippen molar-refractivity contribution in [3.8, 4) is 6.07 Å². The highest BCUT2D eigenvalue weighted by atomic mass is 35.5. The fraction of sp³-hybridized carbons (Fsp3) is 0.200. The molecule has 0 aliphatic heterocycles. The molecule has 52 valence electrons. The second kappa shape index (κ2) is 2.97. The molecule has 1 aromatic rings. The van der Waals surface area contributed by atoms with E-state index in [0.717, 1.165) is 11.3 Å². The average Bonchev–Trinajstić information content (AvgIpc) is 2.34. The van der Waals surface area contributed by atoms with E-state index in [1.165, 1.54) is 6.20 Å². The van der Waals surface area contributed by atoms with Crippen molar-refractivity contribution in [1.29, 1.82) is 5.26 Å². The minimum Gasteiger partial charge on any atom is -0.372 e. The SMILES string of the molecule is N#CC(O)c1ncc(Cl)s1. The number of aliphatic hydroxyl groups excluding tert-OH is 1. The molecule has 5 heteroatoms. The molecule has 0 bridgehead atoms. The number of thiazole rings is 1. The lowest BCUT2D eigenvalue weighted by molar-refractivity contribution is 0.235. The molecule has 0 aliphatic carbocycles. The summed E-state index contributed by atoms with van der Waals surface area (Å²) in [5.74, 6) is 0. The van der Waals surface area contributed by atoms with Gasteiger partial charge in [-0.2, -0.15) is 5.26 Å². The van der Waals surface area contributed by atoms with Crippen LogP contribution < -0.4 is 0 Å². The van der Waals surface area contributed by atoms with Gasteiger partial charge in [-0.15, -0.1) is 11.3 Å². The average molecular weight is 175 g/mol. The molecule has 0 amide bonds. The number of halogens is 1. The molecule has 0 saturated heterocycles. The quantitative estimate of drug-likeness (QED) is 0.654. The molecule has 1 heterocycles. The molecule has 0 fully saturated rings. The van der Waals surface area contributed by atoms with E-state index in [2.05, 4.69) is 4.98 Å². The summed E-state index contributed by atoms with van der Waals surface area (Å²) in [5.41, 5.74) is 0. The number of nitrogens with zero attached hydrogens (tertiary/aromatic N) is 2. The van der Waals surface area contributed by atoms with Crippen LogP contribution in [0.1, 0.15) is 11.1 Å². The zero-order valence-electron chi connectivity index (χ0n) is 4.78. The van der Waals surface area contributed by atoms with E-state index in [1.807, 2.05) is 0 Å². The van der Waals surface area contributed by atoms with Crippen LogP contribution in [-0.4, -0.2) is 10.1 Å². The third-order valence-electron chi connectivity index (χ3n) is 0.852. The number of aliphatic hydroxyl groups is 1. The smallest absolute Gasteiger partial charge is 0.192 e. The summed E-state index contributed by atoms with van der Waals surface area (Å²) in [7, 11) is 0. The monoisotopic (exact) mass is 174 g/mol. The van der Waals surface area contributed by atoms with Crippen LogP contribution in [0.5, 0.6) is 0 Å². The van der Waals surface area contributed by atoms with Crippen LogP contribution in [0.25, 0.3) is 0 Å². The van der Waals surface area contributed by atoms with Crippen molar-refractivity contribution in [3.05, 3.63) is 15.5 Å². The van der Waals surface area contributed by atoms with E-state index in [4.69, 9.17) is 22.0 Å². The zero-order chi connectivity index (χ0) is 7.56. The summed E-state index contributed by atoms with van der Waals surface area (Å²) in [4.78, 5) is 3.70. The molecule has 0 saturated carbocycles. The Balaban J connectivity index is 2.87. The molecule has 1 rings (SSSR count). The first-order chi connectivity index (χ1) is 4.74. The summed E-state index contributed by atoms with van der Waals surface area (Å²) >= 11 is 6.60. The number of rotatable bonds is 1. The van der Waals surface area contributed by atoms with Gasteiger partial charge < -0.3 is 5.11 Å². The first-order valence-electron chi connectivity index (χ1n) is 2.43. The Morgan fingerprint density at radius 1 is 1.90 bits per heavy atom. The van der Waals surface area contributed by atoms with E-state index >= 15 is 0 Å². The molecule has 10 heavy (non-hydrogen) atoms. The molecule has 1 N–H and O–H groups in total. The molecule has 0 spiro atoms. The minimum atomic E-state index is -1.14. The van der Waals surface area contributed by atoms with Crippen LogP contribution in [0.4, 0.5) is 0 Å². The number of aromatic nitrogens is 1. The van der Waals surface area contributed by atoms with Crippen molar-refractivity contribution in [1.82, 2.24) is 4.98 Å². The fourth-order valence-corrected chi connectivity index (χ4v) is 1.31. The standard InChI is InChI=1S/C5H3ClN2OS/c6-4-2-8-5(10-4)3(9)1-7/h2-3,9H. The van der Waals surface area contributed by atoms with Gasteiger partial charge in [0.25, 0.3) is 0 Å². The van der Waals surface area contributed by atoms with Crippen molar-refractivity contribution in [2.45, 2.75) is 6.10 Å². The fourth-order valence-electron chi connectivity index (χ4n) is 0.449. The van der Waals surface area contributed by atoms with Crippen LogP contribution in [0.15, 0.2) is 6.20 Å². The van der Waals surface area contributed by atoms with Crippen molar-refractivity contribution in [3.63, 3.8) is 0 Å². The second-order valence-corrected chi connectivity index (χ2v) is 3.23. The van der Waals surface area contributed by atoms with E-state index in [9.17, 15) is 0 Å². The van der Waals surface area contributed by atoms with Gasteiger partial charge in [-0.3, -0.25) is 0 Å². The van der Waals surface area contributed by atoms with Gasteiger partial charge in [0.15, 0.2) is 6.10 Å². The molecule has 3 nitrogen and oxygen atoms in total. The number of hydrogen-bond donors (Lipinski definition) is 1. The Morgan fingerprint density at radius 2 is 2.60 bits per heavy atom. The predicted octanol–water partition coefficient (Wildman–Crippen LogP) is 1.35. The topological polar surface area (TPSA) is 56.9 Å². The van der Waals surface area contributed by atoms with E-state index in [-0.39, 0.29) is 0 Å². The minimum absolute atomic E-state index is 0.340. The third-order valence-corrected chi connectivity index (χ3v) is 2.02. The maximum atomic E-state index is 8.87. The summed E-state index contributed by atoms with van der Waals surface area (Å²) < 4.78 is 0.476. The number of hydrogen-bond acceptors (Lipinski definition) is 4. The van der Waals surface area contributed by atoms with E-state index < -0.39 is 6.10 Å². The molecular weight excluding hydrogens is 172 g/mol. The van der Waals surface area contributed by atoms with E-state index in [0.29, 0.717) is 9.34 Å². The van der Waals surface area contributed by atoms with Crippen molar-refractivity contribution in [2.24, 2.45) is 0 Å². The molecule has 0 aromatic carbocycles. The maximum absolute atomic E-state index is 8.87. The lowest BCUT2D eigenvalue weighted by atomic mass is 10.4. The van der Waals surface area contributed by atoms with E-state index in [1.54, 1.807) is 6.07 Å². The van der Waals surface area contributed by atoms with Crippen molar-refractivity contribution >= 4 is 22.9 Å². The Bertz CT molecular complexity index is 267. The molecule has 0 aliphatic rings. The third kappa shape index (κ3) is 1.45. The Hall–Kier alpha value is -0.630. The van der Waals surface area contributed by atoms with Crippen molar-refractivity contribution in [2.75, 3.05) is 0 Å². The van der Waals surface area contributed by atoms with Gasteiger partial charge in [-0.25, -0.2) is 4.98 Å². The molecule has 1 unspecified atom stereocenters. The largest absolute Gasteiger partial charge is 0.372 e. The van der Waals surface area contributed by atoms with Crippen LogP contribution in [0.3, 0.4) is 0 Å². The molecular formula is C5H3ClN2OS. The summed E-state index contributed by atoms with van der Waals surface area (Å²) in [5, 5.41) is 17.4. The molecule has 0 radical (unpaired) electrons. The van der Waals surface area contributed by atoms with Gasteiger partial charge >= 0.3 is 0 Å². The normalized spacial score (nSPS) is 12.5. The Labute approximate surface area is 66.5 Å². The highest BCUT2D eigenvalue weighted by Gasteiger charge is 2.09. The van der Waals surface area contributed by atoms with Crippen molar-refractivity contribution < 1.29 is 5.11 Å². The lowest BCUT2D eigenvalue weighted by Crippen LogP contribution is -1.89. The first-order valence-corrected chi connectivity index (χ1v) is 3.62. The summed E-state index contributed by atoms with van der Waals surface area (Å²) in [6.07, 6.45) is 0.264. The number of nitriles is 1. The highest BCUT2D eigenvalue weighted by molar-refractivity contribution is 7.15. The van der Waals surface area contributed by atoms with Gasteiger partial charge in [0, 0.05) is 0 Å². The van der Waals surface area contributed by atoms with Gasteiger partial charge in [0.1, 0.15) is 15.4 Å². The maximum Gasteiger partial charge on any atom is 0.192 e. The van der Waals surface area contributed by atoms with Crippen LogP contribution in [0, 0.1) is 11.3 Å². The zero-order valence-corrected chi connectivity index (χ0v) is 6.35. The van der Waals surface area contributed by atoms with Gasteiger partial charge in [0.2, 0.25) is 0 Å². The van der Waals surface area contributed by atoms with Crippen LogP contribution in [0.2, 0.25) is 4.34 Å². The van der Waals surface area contributed by atoms with Gasteiger partial charge in [-0.05, 0) is 0 Å². The van der Waals surface area contributed by atoms with Gasteiger partial charge in [-0.1, -0.05) is 11.6 Å². The van der Waals surface area contributed by atoms with Gasteiger partial charge in [0.05, 0.1) is 6.20 Å². The van der Waals surface area contributed by atoms with Crippen LogP contribution in [-0.2, 0) is 0 Å². The highest BCUT2D eigenvalue weighted by Crippen LogP contribution is 2.22. The lowest BCUT2D eigenvalue weighted by Gasteiger charge is -1.90. The first kappa shape index (κ1) is 7.48. The summed E-state index contributed by atoms with van der Waals surface area (Å²) in [6.45, 7) is 0. The molecule has 1 aromatic heterocycles. The predicted molar refractivity (Wildman–Crippen MR) is 37.7 cm³/mol.